The van der Waals surface area contributed by atoms with Gasteiger partial charge in [-0.3, -0.25) is 9.59 Å². The van der Waals surface area contributed by atoms with Gasteiger partial charge in [0.05, 0.1) is 13.7 Å². The molecule has 0 atom stereocenters. The van der Waals surface area contributed by atoms with Crippen molar-refractivity contribution in [2.45, 2.75) is 39.9 Å². The van der Waals surface area contributed by atoms with Gasteiger partial charge in [-0.05, 0) is 65.9 Å². The molecular weight excluding hydrogens is 542 g/mol. The number of benzene rings is 3. The van der Waals surface area contributed by atoms with E-state index in [2.05, 4.69) is 24.5 Å². The minimum Gasteiger partial charge on any atom is -0.497 e. The Hall–Kier alpha value is -4.72. The van der Waals surface area contributed by atoms with Gasteiger partial charge in [-0.1, -0.05) is 56.3 Å². The summed E-state index contributed by atoms with van der Waals surface area (Å²) in [5.74, 6) is 2.03. The highest BCUT2D eigenvalue weighted by atomic mass is 16.7. The first kappa shape index (κ1) is 29.8. The van der Waals surface area contributed by atoms with Crippen LogP contribution in [-0.2, 0) is 24.4 Å². The minimum absolute atomic E-state index is 0.0244. The van der Waals surface area contributed by atoms with Gasteiger partial charge >= 0.3 is 0 Å². The molecule has 1 aromatic heterocycles. The zero-order chi connectivity index (χ0) is 30.2. The number of ether oxygens (including phenoxy) is 3. The van der Waals surface area contributed by atoms with Crippen molar-refractivity contribution in [1.82, 2.24) is 14.4 Å². The smallest absolute Gasteiger partial charge is 0.254 e. The second kappa shape index (κ2) is 14.0. The number of aromatic nitrogens is 1. The van der Waals surface area contributed by atoms with Gasteiger partial charge in [-0.25, -0.2) is 0 Å². The summed E-state index contributed by atoms with van der Waals surface area (Å²) >= 11 is 0. The summed E-state index contributed by atoms with van der Waals surface area (Å²) < 4.78 is 18.5. The number of methoxy groups -OCH3 is 1. The van der Waals surface area contributed by atoms with Crippen molar-refractivity contribution in [2.75, 3.05) is 27.0 Å². The van der Waals surface area contributed by atoms with Gasteiger partial charge in [0.2, 0.25) is 12.7 Å². The standard InChI is InChI=1S/C35H39N3O5/c1-26(2)16-18-37(35(40)29-14-15-32-33(20-29)43-25-42-32)24-34(39)38(21-27-9-5-4-6-10-27)23-30-12-8-17-36(30)22-28-11-7-13-31(19-28)41-3/h4-15,17,19-20,26H,16,18,21-25H2,1-3H3. The molecule has 43 heavy (non-hydrogen) atoms. The molecular formula is C35H39N3O5. The Kier molecular flexibility index (Phi) is 9.66. The van der Waals surface area contributed by atoms with Gasteiger partial charge in [0.1, 0.15) is 12.3 Å². The Bertz CT molecular complexity index is 1530. The largest absolute Gasteiger partial charge is 0.497 e. The van der Waals surface area contributed by atoms with E-state index in [1.165, 1.54) is 0 Å². The third kappa shape index (κ3) is 7.77. The van der Waals surface area contributed by atoms with E-state index in [4.69, 9.17) is 14.2 Å². The number of rotatable bonds is 13. The van der Waals surface area contributed by atoms with E-state index in [1.54, 1.807) is 30.2 Å². The van der Waals surface area contributed by atoms with E-state index in [0.717, 1.165) is 29.0 Å². The molecule has 0 N–H and O–H groups in total. The van der Waals surface area contributed by atoms with E-state index >= 15 is 0 Å². The maximum Gasteiger partial charge on any atom is 0.254 e. The fourth-order valence-corrected chi connectivity index (χ4v) is 5.09. The Morgan fingerprint density at radius 1 is 0.860 bits per heavy atom. The summed E-state index contributed by atoms with van der Waals surface area (Å²) in [7, 11) is 1.66. The van der Waals surface area contributed by atoms with Crippen LogP contribution in [0.4, 0.5) is 0 Å². The third-order valence-corrected chi connectivity index (χ3v) is 7.54. The summed E-state index contributed by atoms with van der Waals surface area (Å²) in [6.45, 7) is 6.30. The van der Waals surface area contributed by atoms with Crippen LogP contribution in [0.3, 0.4) is 0 Å². The number of hydrogen-bond acceptors (Lipinski definition) is 5. The number of carbonyl (C=O) groups excluding carboxylic acids is 2. The molecule has 2 amide bonds. The van der Waals surface area contributed by atoms with Gasteiger partial charge in [-0.2, -0.15) is 0 Å². The summed E-state index contributed by atoms with van der Waals surface area (Å²) in [6, 6.07) is 27.2. The van der Waals surface area contributed by atoms with Crippen molar-refractivity contribution in [2.24, 2.45) is 5.92 Å². The molecule has 0 aliphatic carbocycles. The molecule has 2 heterocycles. The first-order chi connectivity index (χ1) is 20.9. The minimum atomic E-state index is -0.201. The summed E-state index contributed by atoms with van der Waals surface area (Å²) in [4.78, 5) is 31.3. The SMILES string of the molecule is COc1cccc(Cn2cccc2CN(Cc2ccccc2)C(=O)CN(CCC(C)C)C(=O)c2ccc3c(c2)OCO3)c1. The molecule has 8 heteroatoms. The van der Waals surface area contributed by atoms with Crippen LogP contribution in [0.15, 0.2) is 91.1 Å². The van der Waals surface area contributed by atoms with Gasteiger partial charge in [-0.15, -0.1) is 0 Å². The van der Waals surface area contributed by atoms with Crippen LogP contribution in [-0.4, -0.2) is 53.2 Å². The Morgan fingerprint density at radius 3 is 2.44 bits per heavy atom. The molecule has 0 saturated carbocycles. The highest BCUT2D eigenvalue weighted by Gasteiger charge is 2.25. The number of hydrogen-bond donors (Lipinski definition) is 0. The molecule has 224 valence electrons. The normalized spacial score (nSPS) is 11.9. The average Bonchev–Trinajstić information content (AvgIpc) is 3.67. The van der Waals surface area contributed by atoms with Crippen LogP contribution in [0.5, 0.6) is 17.2 Å². The van der Waals surface area contributed by atoms with Crippen LogP contribution < -0.4 is 14.2 Å². The highest BCUT2D eigenvalue weighted by Crippen LogP contribution is 2.33. The van der Waals surface area contributed by atoms with Crippen molar-refractivity contribution in [1.29, 1.82) is 0 Å². The van der Waals surface area contributed by atoms with E-state index in [1.807, 2.05) is 71.8 Å². The van der Waals surface area contributed by atoms with E-state index in [-0.39, 0.29) is 25.2 Å². The molecule has 5 rings (SSSR count). The highest BCUT2D eigenvalue weighted by molar-refractivity contribution is 5.97. The average molecular weight is 582 g/mol. The maximum absolute atomic E-state index is 14.1. The predicted molar refractivity (Wildman–Crippen MR) is 165 cm³/mol. The van der Waals surface area contributed by atoms with Crippen LogP contribution in [0.25, 0.3) is 0 Å². The van der Waals surface area contributed by atoms with Gasteiger partial charge in [0.25, 0.3) is 5.91 Å². The number of fused-ring (bicyclic) bond motifs is 1. The lowest BCUT2D eigenvalue weighted by molar-refractivity contribution is -0.133. The summed E-state index contributed by atoms with van der Waals surface area (Å²) in [5, 5.41) is 0. The van der Waals surface area contributed by atoms with Crippen molar-refractivity contribution in [3.8, 4) is 17.2 Å². The van der Waals surface area contributed by atoms with Gasteiger partial charge in [0, 0.05) is 37.1 Å². The zero-order valence-electron chi connectivity index (χ0n) is 25.1. The first-order valence-electron chi connectivity index (χ1n) is 14.7. The van der Waals surface area contributed by atoms with Crippen LogP contribution >= 0.6 is 0 Å². The second-order valence-electron chi connectivity index (χ2n) is 11.2. The van der Waals surface area contributed by atoms with E-state index in [0.29, 0.717) is 49.2 Å². The Morgan fingerprint density at radius 2 is 1.65 bits per heavy atom. The number of nitrogens with zero attached hydrogens (tertiary/aromatic N) is 3. The summed E-state index contributed by atoms with van der Waals surface area (Å²) in [5.41, 5.74) is 3.61. The number of carbonyl (C=O) groups is 2. The second-order valence-corrected chi connectivity index (χ2v) is 11.2. The lowest BCUT2D eigenvalue weighted by atomic mass is 10.1. The molecule has 0 radical (unpaired) electrons. The summed E-state index contributed by atoms with van der Waals surface area (Å²) in [6.07, 6.45) is 2.81. The van der Waals surface area contributed by atoms with Crippen molar-refractivity contribution in [3.63, 3.8) is 0 Å². The fraction of sp³-hybridized carbons (Fsp3) is 0.314. The van der Waals surface area contributed by atoms with Crippen LogP contribution in [0.1, 0.15) is 47.4 Å². The monoisotopic (exact) mass is 581 g/mol. The first-order valence-corrected chi connectivity index (χ1v) is 14.7. The molecule has 0 bridgehead atoms. The van der Waals surface area contributed by atoms with Crippen molar-refractivity contribution >= 4 is 11.8 Å². The fourth-order valence-electron chi connectivity index (χ4n) is 5.09. The van der Waals surface area contributed by atoms with Gasteiger partial charge < -0.3 is 28.6 Å². The molecule has 1 aliphatic rings. The molecule has 0 spiro atoms. The lowest BCUT2D eigenvalue weighted by Gasteiger charge is -2.29. The van der Waals surface area contributed by atoms with Crippen molar-refractivity contribution < 1.29 is 23.8 Å². The van der Waals surface area contributed by atoms with Crippen molar-refractivity contribution in [3.05, 3.63) is 114 Å². The predicted octanol–water partition coefficient (Wildman–Crippen LogP) is 5.99. The van der Waals surface area contributed by atoms with E-state index in [9.17, 15) is 9.59 Å². The molecule has 8 nitrogen and oxygen atoms in total. The van der Waals surface area contributed by atoms with Crippen LogP contribution in [0.2, 0.25) is 0 Å². The quantitative estimate of drug-likeness (QED) is 0.194. The zero-order valence-corrected chi connectivity index (χ0v) is 25.1. The maximum atomic E-state index is 14.1. The third-order valence-electron chi connectivity index (χ3n) is 7.54. The van der Waals surface area contributed by atoms with Crippen LogP contribution in [0, 0.1) is 5.92 Å². The molecule has 0 unspecified atom stereocenters. The van der Waals surface area contributed by atoms with E-state index < -0.39 is 0 Å². The molecule has 4 aromatic rings. The topological polar surface area (TPSA) is 73.2 Å². The van der Waals surface area contributed by atoms with Gasteiger partial charge in [0.15, 0.2) is 11.5 Å². The lowest BCUT2D eigenvalue weighted by Crippen LogP contribution is -2.43. The molecule has 0 saturated heterocycles. The molecule has 0 fully saturated rings. The Labute approximate surface area is 253 Å². The molecule has 3 aromatic carbocycles. The molecule has 1 aliphatic heterocycles. The Balaban J connectivity index is 1.37. The number of amides is 2.